The lowest BCUT2D eigenvalue weighted by Crippen LogP contribution is -2.64. The molecule has 18 N–H and O–H groups in total. The van der Waals surface area contributed by atoms with Crippen molar-refractivity contribution in [3.8, 4) is 57.1 Å². The van der Waals surface area contributed by atoms with E-state index in [1.807, 2.05) is 13.8 Å². The van der Waals surface area contributed by atoms with Crippen molar-refractivity contribution in [2.45, 2.75) is 247 Å². The first-order valence-corrected chi connectivity index (χ1v) is 42.8. The molecule has 5 aromatic rings. The number of ketones is 3. The van der Waals surface area contributed by atoms with Crippen LogP contribution in [0.15, 0.2) is 78.9 Å². The molecule has 6 fully saturated rings. The number of carbonyl (C=O) groups is 9. The lowest BCUT2D eigenvalue weighted by atomic mass is 9.51. The first-order chi connectivity index (χ1) is 58.1. The number of Topliss-reactive ketones (excluding diaryl/α,β-unsaturated/α-hetero) is 3. The van der Waals surface area contributed by atoms with Crippen molar-refractivity contribution in [1.29, 1.82) is 0 Å². The van der Waals surface area contributed by atoms with Gasteiger partial charge in [0.25, 0.3) is 0 Å². The Balaban J connectivity index is 1.00. The smallest absolute Gasteiger partial charge is 0.412 e. The van der Waals surface area contributed by atoms with Gasteiger partial charge in [0, 0.05) is 61.4 Å². The number of phenols is 2. The van der Waals surface area contributed by atoms with Crippen LogP contribution in [0.5, 0.6) is 46.0 Å². The molecule has 34 heteroatoms. The highest BCUT2D eigenvalue weighted by atomic mass is 35.5. The largest absolute Gasteiger partial charge is 0.507 e. The average Bonchev–Trinajstić information content (AvgIpc) is 0.756. The van der Waals surface area contributed by atoms with Gasteiger partial charge in [0.05, 0.1) is 46.7 Å². The van der Waals surface area contributed by atoms with Gasteiger partial charge in [-0.1, -0.05) is 94.3 Å². The number of hydrogen-bond acceptors (Lipinski definition) is 26. The highest BCUT2D eigenvalue weighted by molar-refractivity contribution is 6.32. The van der Waals surface area contributed by atoms with E-state index in [1.165, 1.54) is 75.5 Å². The number of primary amides is 1. The lowest BCUT2D eigenvalue weighted by molar-refractivity contribution is -0.333. The number of unbranched alkanes of at least 4 members (excludes halogenated alkanes) is 5. The highest BCUT2D eigenvalue weighted by Gasteiger charge is 2.53. The van der Waals surface area contributed by atoms with Crippen LogP contribution in [0, 0.1) is 41.4 Å². The first kappa shape index (κ1) is 90.6. The second kappa shape index (κ2) is 38.5. The van der Waals surface area contributed by atoms with Crippen molar-refractivity contribution in [1.82, 2.24) is 31.9 Å². The molecular weight excluding hydrogens is 1620 g/mol. The number of likely N-dealkylation sites (N-methyl/N-ethyl adjacent to an activating group) is 1. The molecule has 122 heavy (non-hydrogen) atoms. The van der Waals surface area contributed by atoms with Crippen LogP contribution in [0.3, 0.4) is 0 Å². The van der Waals surface area contributed by atoms with Crippen LogP contribution in [-0.2, 0) is 52.6 Å². The molecule has 6 amide bonds. The zero-order valence-electron chi connectivity index (χ0n) is 68.7. The summed E-state index contributed by atoms with van der Waals surface area (Å²) in [4.78, 5) is 137. The van der Waals surface area contributed by atoms with E-state index in [9.17, 15) is 55.2 Å². The molecule has 16 rings (SSSR count). The van der Waals surface area contributed by atoms with Crippen LogP contribution in [0.25, 0.3) is 11.1 Å². The summed E-state index contributed by atoms with van der Waals surface area (Å²) in [5.41, 5.74) is 9.54. The van der Waals surface area contributed by atoms with Crippen molar-refractivity contribution in [3.05, 3.63) is 117 Å². The molecule has 0 aromatic heterocycles. The molecule has 0 spiro atoms. The molecule has 18 atom stereocenters. The predicted octanol–water partition coefficient (Wildman–Crippen LogP) is 7.77. The molecule has 0 radical (unpaired) electrons. The first-order valence-electron chi connectivity index (χ1n) is 42.1. The summed E-state index contributed by atoms with van der Waals surface area (Å²) in [7, 11) is 1.51. The van der Waals surface area contributed by atoms with Gasteiger partial charge in [0.2, 0.25) is 41.6 Å². The van der Waals surface area contributed by atoms with Gasteiger partial charge in [0.15, 0.2) is 41.2 Å². The Labute approximate surface area is 715 Å². The molecule has 4 aliphatic carbocycles. The van der Waals surface area contributed by atoms with Crippen LogP contribution >= 0.6 is 23.2 Å². The molecule has 7 aliphatic heterocycles. The normalized spacial score (nSPS) is 31.0. The average molecular weight is 1730 g/mol. The molecule has 2 saturated heterocycles. The fraction of sp³-hybridized carbons (Fsp3) is 0.557. The molecule has 7 heterocycles. The summed E-state index contributed by atoms with van der Waals surface area (Å²) >= 11 is 14.5. The van der Waals surface area contributed by atoms with Gasteiger partial charge in [-0.3, -0.25) is 38.4 Å². The van der Waals surface area contributed by atoms with E-state index in [4.69, 9.17) is 67.8 Å². The van der Waals surface area contributed by atoms with Crippen LogP contribution in [-0.4, -0.2) is 187 Å². The summed E-state index contributed by atoms with van der Waals surface area (Å²) in [6.45, 7) is 8.13. The van der Waals surface area contributed by atoms with Gasteiger partial charge in [-0.2, -0.15) is 0 Å². The fourth-order valence-corrected chi connectivity index (χ4v) is 19.5. The number of phenolic OH excluding ortho intramolecular Hbond substituents is 2. The van der Waals surface area contributed by atoms with Gasteiger partial charge in [0.1, 0.15) is 83.4 Å². The number of aliphatic hydroxyl groups is 6. The maximum Gasteiger partial charge on any atom is 0.412 e. The lowest BCUT2D eigenvalue weighted by Gasteiger charge is -2.54. The fourth-order valence-electron chi connectivity index (χ4n) is 19.1. The predicted molar refractivity (Wildman–Crippen MR) is 440 cm³/mol. The summed E-state index contributed by atoms with van der Waals surface area (Å²) in [5.74, 6) is -14.9. The van der Waals surface area contributed by atoms with Crippen LogP contribution in [0.4, 0.5) is 4.79 Å². The number of nitrogens with two attached hydrogens (primary N) is 2. The van der Waals surface area contributed by atoms with Crippen LogP contribution in [0.1, 0.15) is 202 Å². The standard InChI is InChI=1S/C88H110Cl2N8O24/c1-7-8-9-10-11-12-19-94-87(115)117-50-33-54-70(59(101)34-50)53-26-43(13-16-58(53)100)52-36-61(103)71-48-30-65(118-63-17-14-44(27-55(63)89)75(106)73(97-84(113)57(93-6)20-39(2)3)60(102)29-49(32-68(91)105)82(111)95-71)79(122-86-80(78(109)77(108)67(38-99)120-86)121-69-37-88(5,92)81(110)40(4)116-69)66(31-48)119-64-18-15-45(28-56(64)90)76(107)74(98-83(52)112)85(114)96-72(54)62(104)35-51-46-22-41-21-42(24-46)25-47(51)23-41/h13-18,26-28,30-31,33-34,39-42,46-47,49,51-52,57,67,69,71-78,80-81,86,93,99-101,106-110H,7-12,19-25,29,32,35-38,92H2,1-6H3,(H2,91,105)(H,94,115)(H,95,111)(H,96,114)(H,97,113)(H,98,112)/t40?,41?,42?,46?,47?,49-,51?,52+,57+,67?,69?,71?,72-,73-,74-,75+,76+,77?,78?,80?,81?,86?,88?/m0/s1. The molecule has 15 bridgehead atoms. The SMILES string of the molecule is CCCCCCCCNC(=O)Oc1cc(O)c2c(c1)[C@@H](C(=O)CC1C3CC4CC(C3)CC1C4)NC(=O)[C@H]1NC(=O)[C@H](CC(=O)C3NC(=O)[C@H](CC(N)=O)CC(=O)[C@H](NC(=O)[C@@H](CC(C)C)NC)[C@H](O)c4ccc(c(Cl)c4)Oc4cc3cc(c4OC3OC(CO)C(O)C(O)C3OC3CC(C)(N)C(O)C(C)O3)Oc3ccc(cc3Cl)[C@H]1O)c1ccc(O)c-2c1. The molecule has 10 unspecified atom stereocenters. The van der Waals surface area contributed by atoms with Gasteiger partial charge < -0.3 is 117 Å². The number of fused-ring (bicyclic) bond motifs is 15. The number of benzene rings is 5. The zero-order valence-corrected chi connectivity index (χ0v) is 70.3. The number of aromatic hydroxyl groups is 2. The Morgan fingerprint density at radius 1 is 0.697 bits per heavy atom. The Morgan fingerprint density at radius 3 is 1.95 bits per heavy atom. The number of hydrogen-bond donors (Lipinski definition) is 16. The molecule has 660 valence electrons. The zero-order chi connectivity index (χ0) is 87.6. The number of carbonyl (C=O) groups excluding carboxylic acids is 9. The second-order valence-electron chi connectivity index (χ2n) is 34.8. The van der Waals surface area contributed by atoms with E-state index in [1.54, 1.807) is 0 Å². The minimum absolute atomic E-state index is 0.0783. The summed E-state index contributed by atoms with van der Waals surface area (Å²) in [5, 5.41) is 112. The summed E-state index contributed by atoms with van der Waals surface area (Å²) in [6, 6.07) is 6.61. The monoisotopic (exact) mass is 1730 g/mol. The number of halogens is 2. The Bertz CT molecular complexity index is 4730. The number of aliphatic hydroxyl groups excluding tert-OH is 6. The van der Waals surface area contributed by atoms with E-state index in [0.29, 0.717) is 18.3 Å². The van der Waals surface area contributed by atoms with Crippen molar-refractivity contribution in [2.24, 2.45) is 52.9 Å². The van der Waals surface area contributed by atoms with Gasteiger partial charge >= 0.3 is 6.09 Å². The van der Waals surface area contributed by atoms with Crippen molar-refractivity contribution in [2.75, 3.05) is 20.2 Å². The van der Waals surface area contributed by atoms with Crippen molar-refractivity contribution in [3.63, 3.8) is 0 Å². The molecular formula is C88H110Cl2N8O24. The third kappa shape index (κ3) is 20.1. The Hall–Kier alpha value is -9.13. The maximum absolute atomic E-state index is 16.6. The van der Waals surface area contributed by atoms with Gasteiger partial charge in [-0.05, 0) is 184 Å². The number of nitrogens with one attached hydrogen (secondary N) is 6. The highest BCUT2D eigenvalue weighted by Crippen LogP contribution is 2.59. The molecule has 11 aliphatic rings. The second-order valence-corrected chi connectivity index (χ2v) is 35.6. The van der Waals surface area contributed by atoms with Gasteiger partial charge in [-0.25, -0.2) is 4.79 Å². The minimum atomic E-state index is -2.19. The third-order valence-corrected chi connectivity index (χ3v) is 25.9. The molecule has 4 saturated carbocycles. The minimum Gasteiger partial charge on any atom is -0.507 e. The third-order valence-electron chi connectivity index (χ3n) is 25.3. The Kier molecular flexibility index (Phi) is 28.6. The Morgan fingerprint density at radius 2 is 1.34 bits per heavy atom. The summed E-state index contributed by atoms with van der Waals surface area (Å²) in [6.07, 6.45) is -11.0. The van der Waals surface area contributed by atoms with E-state index in [-0.39, 0.29) is 116 Å². The quantitative estimate of drug-likeness (QED) is 0.0278. The molecule has 5 aromatic carbocycles. The number of amides is 6. The van der Waals surface area contributed by atoms with Crippen molar-refractivity contribution >= 4 is 76.2 Å². The van der Waals surface area contributed by atoms with E-state index < -0.39 is 217 Å². The van der Waals surface area contributed by atoms with Gasteiger partial charge in [-0.15, -0.1) is 0 Å². The van der Waals surface area contributed by atoms with E-state index >= 15 is 28.8 Å². The maximum atomic E-state index is 16.6. The number of rotatable bonds is 23. The van der Waals surface area contributed by atoms with E-state index in [2.05, 4.69) is 38.8 Å². The van der Waals surface area contributed by atoms with Crippen LogP contribution in [0.2, 0.25) is 10.0 Å². The molecule has 32 nitrogen and oxygen atoms in total. The topological polar surface area (TPSA) is 504 Å². The van der Waals surface area contributed by atoms with E-state index in [0.717, 1.165) is 88.5 Å². The van der Waals surface area contributed by atoms with Crippen LogP contribution < -0.4 is 62.3 Å². The van der Waals surface area contributed by atoms with Crippen molar-refractivity contribution < 1.29 is 117 Å². The number of ether oxygens (including phenoxy) is 7. The summed E-state index contributed by atoms with van der Waals surface area (Å²) < 4.78 is 45.0.